The topological polar surface area (TPSA) is 185 Å². The molecule has 0 radical (unpaired) electrons. The zero-order valence-corrected chi connectivity index (χ0v) is 37.9. The molecule has 2 aliphatic carbocycles. The molecule has 66 heavy (non-hydrogen) atoms. The number of allylic oxidation sites excluding steroid dienone is 1. The van der Waals surface area contributed by atoms with Crippen molar-refractivity contribution in [1.29, 1.82) is 0 Å². The summed E-state index contributed by atoms with van der Waals surface area (Å²) in [5.74, 6) is 0.207. The van der Waals surface area contributed by atoms with Gasteiger partial charge in [0.05, 0.1) is 44.8 Å². The van der Waals surface area contributed by atoms with E-state index in [-0.39, 0.29) is 69.7 Å². The number of benzene rings is 3. The van der Waals surface area contributed by atoms with Crippen molar-refractivity contribution < 1.29 is 62.5 Å². The average Bonchev–Trinajstić information content (AvgIpc) is 3.80. The van der Waals surface area contributed by atoms with Crippen LogP contribution >= 0.6 is 0 Å². The molecule has 4 aliphatic rings. The number of hydrogen-bond donors (Lipinski definition) is 3. The van der Waals surface area contributed by atoms with Crippen LogP contribution in [0.1, 0.15) is 68.4 Å². The van der Waals surface area contributed by atoms with E-state index in [1.807, 2.05) is 24.3 Å². The zero-order chi connectivity index (χ0) is 46.6. The number of hydrogen-bond acceptors (Lipinski definition) is 14. The maximum atomic E-state index is 14.7. The Kier molecular flexibility index (Phi) is 16.1. The summed E-state index contributed by atoms with van der Waals surface area (Å²) in [7, 11) is 4.53. The minimum absolute atomic E-state index is 0.0165. The van der Waals surface area contributed by atoms with Crippen LogP contribution in [0.5, 0.6) is 34.5 Å². The van der Waals surface area contributed by atoms with Gasteiger partial charge in [-0.2, -0.15) is 0 Å². The fourth-order valence-corrected chi connectivity index (χ4v) is 9.82. The molecule has 3 aromatic rings. The highest BCUT2D eigenvalue weighted by Crippen LogP contribution is 2.62. The van der Waals surface area contributed by atoms with Crippen molar-refractivity contribution in [2.75, 3.05) is 59.9 Å². The number of rotatable bonds is 22. The third kappa shape index (κ3) is 10.3. The number of methoxy groups -OCH3 is 2. The van der Waals surface area contributed by atoms with Crippen LogP contribution in [0, 0.1) is 17.8 Å². The van der Waals surface area contributed by atoms with Crippen molar-refractivity contribution in [2.45, 2.75) is 75.7 Å². The lowest BCUT2D eigenvalue weighted by Gasteiger charge is -2.59. The van der Waals surface area contributed by atoms with Crippen LogP contribution in [-0.4, -0.2) is 99.4 Å². The third-order valence-corrected chi connectivity index (χ3v) is 12.7. The summed E-state index contributed by atoms with van der Waals surface area (Å²) in [6.07, 6.45) is 8.99. The van der Waals surface area contributed by atoms with Crippen LogP contribution in [-0.2, 0) is 20.9 Å². The Morgan fingerprint density at radius 3 is 2.42 bits per heavy atom. The molecule has 0 saturated heterocycles. The summed E-state index contributed by atoms with van der Waals surface area (Å²) in [6.45, 7) is 8.23. The van der Waals surface area contributed by atoms with E-state index in [1.165, 1.54) is 14.2 Å². The molecule has 1 saturated carbocycles. The molecule has 2 aliphatic heterocycles. The standard InChI is InChI=1S/C50H61N3O13/c1-6-8-24-61-49(57)53(30-32-15-19-42-44(25-32)63-31-62-42)45-29-40(52-60-5)37-26-33(13-9-11-21-54)36(14-10-12-22-55)46-38-27-35(17-20-41(38)66-50(45,47(37)46)64-23-7-2)65-48(56)51-39-18-16-34(58-3)28-43(39)59-4/h6-7,15-20,25-28,33,36,45-47,54-55H,1-2,8-14,21-24,29-31H2,3-5H3,(H,51,56)/t33-,36+,45-,46+,47+,50+/m0/s1. The van der Waals surface area contributed by atoms with E-state index in [0.29, 0.717) is 65.8 Å². The lowest BCUT2D eigenvalue weighted by Crippen LogP contribution is -2.70. The second-order valence-corrected chi connectivity index (χ2v) is 16.5. The van der Waals surface area contributed by atoms with E-state index >= 15 is 0 Å². The van der Waals surface area contributed by atoms with Gasteiger partial charge in [0.15, 0.2) is 11.5 Å². The fraction of sp³-hybridized carbons (Fsp3) is 0.460. The number of amides is 2. The lowest BCUT2D eigenvalue weighted by atomic mass is 9.55. The summed E-state index contributed by atoms with van der Waals surface area (Å²) in [6, 6.07) is 15.0. The number of carbonyl (C=O) groups is 2. The monoisotopic (exact) mass is 911 g/mol. The number of carbonyl (C=O) groups excluding carboxylic acids is 2. The Morgan fingerprint density at radius 2 is 1.68 bits per heavy atom. The van der Waals surface area contributed by atoms with Crippen molar-refractivity contribution in [2.24, 2.45) is 22.9 Å². The molecule has 0 unspecified atom stereocenters. The van der Waals surface area contributed by atoms with E-state index in [4.69, 9.17) is 42.7 Å². The summed E-state index contributed by atoms with van der Waals surface area (Å²) in [5, 5.41) is 27.3. The molecule has 2 heterocycles. The highest BCUT2D eigenvalue weighted by atomic mass is 16.7. The van der Waals surface area contributed by atoms with Crippen LogP contribution in [0.3, 0.4) is 0 Å². The summed E-state index contributed by atoms with van der Waals surface area (Å²) in [4.78, 5) is 35.5. The highest BCUT2D eigenvalue weighted by molar-refractivity contribution is 6.03. The molecule has 16 nitrogen and oxygen atoms in total. The third-order valence-electron chi connectivity index (χ3n) is 12.7. The molecule has 2 amide bonds. The van der Waals surface area contributed by atoms with Gasteiger partial charge in [0, 0.05) is 43.7 Å². The van der Waals surface area contributed by atoms with Crippen molar-refractivity contribution in [3.63, 3.8) is 0 Å². The Bertz CT molecular complexity index is 2260. The number of fused-ring (bicyclic) bond motifs is 3. The summed E-state index contributed by atoms with van der Waals surface area (Å²) < 4.78 is 48.5. The van der Waals surface area contributed by atoms with Gasteiger partial charge in [0.25, 0.3) is 0 Å². The number of unbranched alkanes of at least 4 members (excludes halogenated alkanes) is 2. The van der Waals surface area contributed by atoms with Crippen LogP contribution in [0.2, 0.25) is 0 Å². The Balaban J connectivity index is 1.39. The quantitative estimate of drug-likeness (QED) is 0.0496. The van der Waals surface area contributed by atoms with E-state index in [0.717, 1.165) is 36.0 Å². The SMILES string of the molecule is C=CCCOC(=O)N(Cc1ccc2c(c1)OCO2)[C@H]1CC(=NOC)C2=C[C@H](CCCCO)[C@@H](CCCCO)[C@@H]3c4cc(OC(=O)Nc5ccc(OC)cc5OC)ccc4O[C@@]1(OCC=C)[C@H]23. The van der Waals surface area contributed by atoms with Crippen LogP contribution in [0.15, 0.2) is 96.7 Å². The largest absolute Gasteiger partial charge is 0.497 e. The second kappa shape index (κ2) is 22.3. The van der Waals surface area contributed by atoms with Gasteiger partial charge < -0.3 is 52.9 Å². The number of oxime groups is 1. The van der Waals surface area contributed by atoms with Gasteiger partial charge in [0.1, 0.15) is 36.1 Å². The van der Waals surface area contributed by atoms with Gasteiger partial charge in [-0.25, -0.2) is 9.59 Å². The lowest BCUT2D eigenvalue weighted by molar-refractivity contribution is -0.256. The van der Waals surface area contributed by atoms with E-state index in [9.17, 15) is 19.8 Å². The molecule has 0 bridgehead atoms. The summed E-state index contributed by atoms with van der Waals surface area (Å²) in [5.41, 5.74) is 3.36. The smallest absolute Gasteiger partial charge is 0.417 e. The molecular formula is C50H61N3O13. The average molecular weight is 912 g/mol. The molecule has 0 aromatic heterocycles. The zero-order valence-electron chi connectivity index (χ0n) is 37.9. The van der Waals surface area contributed by atoms with E-state index in [2.05, 4.69) is 29.7 Å². The molecule has 3 aromatic carbocycles. The van der Waals surface area contributed by atoms with Crippen molar-refractivity contribution in [3.8, 4) is 34.5 Å². The fourth-order valence-electron chi connectivity index (χ4n) is 9.82. The van der Waals surface area contributed by atoms with Crippen LogP contribution < -0.4 is 33.7 Å². The predicted octanol–water partition coefficient (Wildman–Crippen LogP) is 8.52. The summed E-state index contributed by atoms with van der Waals surface area (Å²) >= 11 is 0. The molecule has 7 rings (SSSR count). The molecule has 1 fully saturated rings. The number of ether oxygens (including phenoxy) is 8. The highest BCUT2D eigenvalue weighted by Gasteiger charge is 2.65. The predicted molar refractivity (Wildman–Crippen MR) is 245 cm³/mol. The number of anilines is 1. The van der Waals surface area contributed by atoms with Gasteiger partial charge in [-0.15, -0.1) is 13.2 Å². The minimum Gasteiger partial charge on any atom is -0.497 e. The first-order valence-corrected chi connectivity index (χ1v) is 22.5. The molecule has 6 atom stereocenters. The Hall–Kier alpha value is -6.23. The van der Waals surface area contributed by atoms with Gasteiger partial charge in [-0.1, -0.05) is 42.3 Å². The molecular weight excluding hydrogens is 851 g/mol. The number of aliphatic hydroxyl groups is 2. The van der Waals surface area contributed by atoms with Gasteiger partial charge in [-0.3, -0.25) is 10.2 Å². The van der Waals surface area contributed by atoms with Crippen molar-refractivity contribution >= 4 is 23.6 Å². The maximum absolute atomic E-state index is 14.7. The van der Waals surface area contributed by atoms with E-state index < -0.39 is 29.9 Å². The number of aliphatic hydroxyl groups excluding tert-OH is 2. The molecule has 3 N–H and O–H groups in total. The normalized spacial score (nSPS) is 22.7. The Morgan fingerprint density at radius 1 is 0.909 bits per heavy atom. The van der Waals surface area contributed by atoms with Crippen molar-refractivity contribution in [1.82, 2.24) is 4.90 Å². The first-order valence-electron chi connectivity index (χ1n) is 22.5. The maximum Gasteiger partial charge on any atom is 0.417 e. The molecule has 0 spiro atoms. The van der Waals surface area contributed by atoms with E-state index in [1.54, 1.807) is 54.5 Å². The molecule has 16 heteroatoms. The minimum atomic E-state index is -1.56. The second-order valence-electron chi connectivity index (χ2n) is 16.5. The first-order chi connectivity index (χ1) is 32.2. The number of nitrogens with one attached hydrogen (secondary N) is 1. The molecule has 354 valence electrons. The Labute approximate surface area is 385 Å². The van der Waals surface area contributed by atoms with Gasteiger partial charge in [0.2, 0.25) is 12.6 Å². The first kappa shape index (κ1) is 47.7. The van der Waals surface area contributed by atoms with Crippen LogP contribution in [0.25, 0.3) is 0 Å². The van der Waals surface area contributed by atoms with Gasteiger partial charge in [-0.05, 0) is 97.5 Å². The van der Waals surface area contributed by atoms with Gasteiger partial charge >= 0.3 is 12.2 Å². The number of nitrogens with zero attached hydrogens (tertiary/aromatic N) is 2. The van der Waals surface area contributed by atoms with Crippen LogP contribution in [0.4, 0.5) is 15.3 Å². The van der Waals surface area contributed by atoms with Crippen molar-refractivity contribution in [3.05, 3.63) is 103 Å².